The van der Waals surface area contributed by atoms with Gasteiger partial charge in [0.05, 0.1) is 10.4 Å². The molecule has 2 aromatic rings. The Morgan fingerprint density at radius 2 is 1.90 bits per heavy atom. The van der Waals surface area contributed by atoms with E-state index in [1.807, 2.05) is 6.26 Å². The molecule has 31 heavy (non-hydrogen) atoms. The molecule has 2 bridgehead atoms. The van der Waals surface area contributed by atoms with E-state index in [2.05, 4.69) is 15.4 Å². The van der Waals surface area contributed by atoms with E-state index in [0.717, 1.165) is 4.68 Å². The molecule has 3 saturated carbocycles. The minimum Gasteiger partial charge on any atom is -0.321 e. The Bertz CT molecular complexity index is 1020. The number of carbonyl (C=O) groups is 1. The molecule has 168 valence electrons. The first-order valence-electron chi connectivity index (χ1n) is 9.63. The summed E-state index contributed by atoms with van der Waals surface area (Å²) in [6.07, 6.45) is -1.14. The van der Waals surface area contributed by atoms with Gasteiger partial charge in [0, 0.05) is 30.9 Å². The van der Waals surface area contributed by atoms with Crippen molar-refractivity contribution < 1.29 is 26.7 Å². The van der Waals surface area contributed by atoms with Crippen molar-refractivity contribution in [3.63, 3.8) is 0 Å². The fourth-order valence-electron chi connectivity index (χ4n) is 4.94. The molecule has 0 saturated heterocycles. The number of hydrogen-bond acceptors (Lipinski definition) is 4. The lowest BCUT2D eigenvalue weighted by Crippen LogP contribution is -2.69. The second kappa shape index (κ2) is 6.91. The van der Waals surface area contributed by atoms with Crippen LogP contribution in [0.5, 0.6) is 0 Å². The molecule has 5 nitrogen and oxygen atoms in total. The minimum absolute atomic E-state index is 0.00307. The molecule has 0 aliphatic heterocycles. The van der Waals surface area contributed by atoms with Gasteiger partial charge < -0.3 is 5.32 Å². The van der Waals surface area contributed by atoms with Crippen LogP contribution in [-0.2, 0) is 12.5 Å². The summed E-state index contributed by atoms with van der Waals surface area (Å²) < 4.78 is 68.9. The van der Waals surface area contributed by atoms with Gasteiger partial charge in [0.25, 0.3) is 11.8 Å². The summed E-state index contributed by atoms with van der Waals surface area (Å²) in [6, 6.07) is 3.21. The fraction of sp³-hybridized carbons (Fsp3) is 0.550. The Kier molecular flexibility index (Phi) is 4.92. The number of hydrogen-bond donors (Lipinski definition) is 1. The maximum atomic E-state index is 14.1. The van der Waals surface area contributed by atoms with E-state index < -0.39 is 34.5 Å². The highest BCUT2D eigenvalue weighted by Crippen LogP contribution is 2.78. The van der Waals surface area contributed by atoms with Crippen LogP contribution in [0, 0.1) is 17.8 Å². The molecule has 2 aromatic heterocycles. The first-order chi connectivity index (χ1) is 14.3. The van der Waals surface area contributed by atoms with Crippen LogP contribution in [0.15, 0.2) is 23.4 Å². The quantitative estimate of drug-likeness (QED) is 0.463. The van der Waals surface area contributed by atoms with Gasteiger partial charge in [-0.25, -0.2) is 4.98 Å². The average Bonchev–Trinajstić information content (AvgIpc) is 2.92. The Labute approximate surface area is 179 Å². The molecule has 5 rings (SSSR count). The molecule has 1 amide bonds. The second-order valence-corrected chi connectivity index (χ2v) is 9.54. The Hall–Kier alpha value is -2.17. The standard InChI is InChI=1S/C20H21F5N4OS/c1-11-14(16(30)27-12-4-5-26-13(6-12)31-3)29(28-15(11)17(2,21)22)10-18-7-19(8-18,9-18)20(23,24)25/h4-6H,7-10H2,1-3H3,(H,26,27,30). The summed E-state index contributed by atoms with van der Waals surface area (Å²) in [5.74, 6) is -3.93. The van der Waals surface area contributed by atoms with Gasteiger partial charge >= 0.3 is 6.18 Å². The zero-order valence-corrected chi connectivity index (χ0v) is 17.9. The maximum Gasteiger partial charge on any atom is 0.394 e. The number of alkyl halides is 5. The van der Waals surface area contributed by atoms with Gasteiger partial charge in [0.1, 0.15) is 11.4 Å². The van der Waals surface area contributed by atoms with E-state index in [1.54, 1.807) is 12.1 Å². The van der Waals surface area contributed by atoms with Crippen LogP contribution in [0.2, 0.25) is 0 Å². The smallest absolute Gasteiger partial charge is 0.321 e. The fourth-order valence-corrected chi connectivity index (χ4v) is 5.35. The highest BCUT2D eigenvalue weighted by atomic mass is 32.2. The van der Waals surface area contributed by atoms with Gasteiger partial charge in [-0.3, -0.25) is 9.48 Å². The Morgan fingerprint density at radius 3 is 2.45 bits per heavy atom. The molecule has 0 unspecified atom stereocenters. The summed E-state index contributed by atoms with van der Waals surface area (Å²) in [4.78, 5) is 17.1. The molecular weight excluding hydrogens is 439 g/mol. The third kappa shape index (κ3) is 3.60. The van der Waals surface area contributed by atoms with Crippen LogP contribution in [0.4, 0.5) is 27.6 Å². The first kappa shape index (κ1) is 22.0. The number of anilines is 1. The number of nitrogens with zero attached hydrogens (tertiary/aromatic N) is 3. The zero-order valence-electron chi connectivity index (χ0n) is 17.1. The van der Waals surface area contributed by atoms with Crippen LogP contribution in [0.25, 0.3) is 0 Å². The summed E-state index contributed by atoms with van der Waals surface area (Å²) in [7, 11) is 0. The molecule has 0 spiro atoms. The summed E-state index contributed by atoms with van der Waals surface area (Å²) in [5.41, 5.74) is -2.49. The molecule has 2 heterocycles. The van der Waals surface area contributed by atoms with Gasteiger partial charge in [-0.2, -0.15) is 27.1 Å². The van der Waals surface area contributed by atoms with Crippen molar-refractivity contribution in [1.82, 2.24) is 14.8 Å². The van der Waals surface area contributed by atoms with Crippen LogP contribution in [0.3, 0.4) is 0 Å². The largest absolute Gasteiger partial charge is 0.394 e. The summed E-state index contributed by atoms with van der Waals surface area (Å²) in [6.45, 7) is 2.06. The predicted octanol–water partition coefficient (Wildman–Crippen LogP) is 5.41. The van der Waals surface area contributed by atoms with E-state index in [9.17, 15) is 26.7 Å². The molecule has 3 fully saturated rings. The van der Waals surface area contributed by atoms with Crippen LogP contribution in [0.1, 0.15) is 47.9 Å². The second-order valence-electron chi connectivity index (χ2n) is 8.72. The molecule has 0 aromatic carbocycles. The van der Waals surface area contributed by atoms with Gasteiger partial charge in [-0.1, -0.05) is 0 Å². The molecule has 1 N–H and O–H groups in total. The number of amides is 1. The van der Waals surface area contributed by atoms with E-state index in [0.29, 0.717) is 17.6 Å². The SMILES string of the molecule is CSc1cc(NC(=O)c2c(C)c(C(C)(F)F)nn2CC23CC(C(F)(F)F)(C2)C3)ccn1. The van der Waals surface area contributed by atoms with E-state index in [4.69, 9.17) is 0 Å². The Morgan fingerprint density at radius 1 is 1.26 bits per heavy atom. The van der Waals surface area contributed by atoms with Crippen molar-refractivity contribution >= 4 is 23.4 Å². The average molecular weight is 460 g/mol. The van der Waals surface area contributed by atoms with Gasteiger partial charge in [0.15, 0.2) is 0 Å². The zero-order chi connectivity index (χ0) is 22.8. The van der Waals surface area contributed by atoms with Crippen molar-refractivity contribution in [2.24, 2.45) is 10.8 Å². The van der Waals surface area contributed by atoms with Gasteiger partial charge in [-0.15, -0.1) is 11.8 Å². The molecule has 0 atom stereocenters. The lowest BCUT2D eigenvalue weighted by Gasteiger charge is -2.70. The third-order valence-corrected chi connectivity index (χ3v) is 6.89. The van der Waals surface area contributed by atoms with Crippen LogP contribution >= 0.6 is 11.8 Å². The van der Waals surface area contributed by atoms with Crippen molar-refractivity contribution in [1.29, 1.82) is 0 Å². The number of aromatic nitrogens is 3. The van der Waals surface area contributed by atoms with Crippen molar-refractivity contribution in [3.05, 3.63) is 35.3 Å². The number of nitrogens with one attached hydrogen (secondary N) is 1. The van der Waals surface area contributed by atoms with Gasteiger partial charge in [0.2, 0.25) is 0 Å². The lowest BCUT2D eigenvalue weighted by atomic mass is 9.35. The molecular formula is C20H21F5N4OS. The van der Waals surface area contributed by atoms with E-state index in [-0.39, 0.29) is 37.1 Å². The van der Waals surface area contributed by atoms with E-state index >= 15 is 0 Å². The molecule has 3 aliphatic carbocycles. The number of carbonyl (C=O) groups excluding carboxylic acids is 1. The summed E-state index contributed by atoms with van der Waals surface area (Å²) in [5, 5.41) is 7.29. The predicted molar refractivity (Wildman–Crippen MR) is 105 cm³/mol. The van der Waals surface area contributed by atoms with Crippen molar-refractivity contribution in [3.8, 4) is 0 Å². The molecule has 3 aliphatic rings. The minimum atomic E-state index is -4.27. The molecule has 11 heteroatoms. The van der Waals surface area contributed by atoms with Crippen LogP contribution in [-0.4, -0.2) is 33.1 Å². The lowest BCUT2D eigenvalue weighted by molar-refractivity contribution is -0.366. The van der Waals surface area contributed by atoms with E-state index in [1.165, 1.54) is 24.9 Å². The number of thioether (sulfide) groups is 1. The maximum absolute atomic E-state index is 14.1. The van der Waals surface area contributed by atoms with Gasteiger partial charge in [-0.05, 0) is 50.0 Å². The normalized spacial score (nSPS) is 25.0. The third-order valence-electron chi connectivity index (χ3n) is 6.25. The highest BCUT2D eigenvalue weighted by Gasteiger charge is 2.78. The first-order valence-corrected chi connectivity index (χ1v) is 10.9. The number of rotatable bonds is 6. The van der Waals surface area contributed by atoms with Crippen LogP contribution < -0.4 is 5.32 Å². The number of pyridine rings is 1. The number of halogens is 5. The highest BCUT2D eigenvalue weighted by molar-refractivity contribution is 7.98. The van der Waals surface area contributed by atoms with Crippen molar-refractivity contribution in [2.45, 2.75) is 56.8 Å². The monoisotopic (exact) mass is 460 g/mol. The Balaban J connectivity index is 1.62. The molecule has 0 radical (unpaired) electrons. The summed E-state index contributed by atoms with van der Waals surface area (Å²) >= 11 is 1.37. The van der Waals surface area contributed by atoms with Crippen molar-refractivity contribution in [2.75, 3.05) is 11.6 Å². The topological polar surface area (TPSA) is 59.8 Å².